The second-order valence-corrected chi connectivity index (χ2v) is 22.2. The first-order chi connectivity index (χ1) is 37.5. The van der Waals surface area contributed by atoms with Gasteiger partial charge >= 0.3 is 0 Å². The lowest BCUT2D eigenvalue weighted by molar-refractivity contribution is -0.149. The van der Waals surface area contributed by atoms with Gasteiger partial charge in [0.1, 0.15) is 11.5 Å². The number of benzene rings is 1. The number of ether oxygens (including phenoxy) is 5. The van der Waals surface area contributed by atoms with Crippen LogP contribution >= 0.6 is 0 Å². The molecule has 432 valence electrons. The van der Waals surface area contributed by atoms with E-state index in [0.29, 0.717) is 76.6 Å². The average Bonchev–Trinajstić information content (AvgIpc) is 4.31. The van der Waals surface area contributed by atoms with Crippen LogP contribution in [0.5, 0.6) is 0 Å². The summed E-state index contributed by atoms with van der Waals surface area (Å²) in [6, 6.07) is 9.08. The number of Topliss-reactive ketones (excluding diaryl/α,β-unsaturated/α-hetero) is 2. The smallest absolute Gasteiger partial charge is 0.253 e. The summed E-state index contributed by atoms with van der Waals surface area (Å²) >= 11 is 0. The number of aromatic nitrogens is 3. The third kappa shape index (κ3) is 16.4. The normalized spacial score (nSPS) is 22.0. The number of amides is 5. The number of hydrogen-bond acceptors (Lipinski definition) is 15. The highest BCUT2D eigenvalue weighted by Crippen LogP contribution is 2.43. The van der Waals surface area contributed by atoms with Crippen LogP contribution in [0, 0.1) is 35.5 Å². The van der Waals surface area contributed by atoms with Crippen molar-refractivity contribution in [2.45, 2.75) is 148 Å². The number of carbonyl (C=O) groups is 7. The number of methoxy groups -OCH3 is 2. The molecule has 1 aromatic heterocycles. The number of nitrogens with one attached hydrogen (secondary N) is 1. The van der Waals surface area contributed by atoms with Gasteiger partial charge in [-0.1, -0.05) is 76.6 Å². The minimum atomic E-state index is -0.660. The first-order valence-electron chi connectivity index (χ1n) is 28.3. The summed E-state index contributed by atoms with van der Waals surface area (Å²) < 4.78 is 30.8. The molecule has 4 heterocycles. The number of piperidine rings is 1. The molecule has 3 aliphatic heterocycles. The van der Waals surface area contributed by atoms with Crippen molar-refractivity contribution < 1.29 is 57.2 Å². The Labute approximate surface area is 461 Å². The molecule has 1 N–H and O–H groups in total. The maximum Gasteiger partial charge on any atom is 0.253 e. The fraction of sp³-hybridized carbons (Fsp3) is 0.707. The third-order valence-corrected chi connectivity index (χ3v) is 16.8. The fourth-order valence-electron chi connectivity index (χ4n) is 12.2. The van der Waals surface area contributed by atoms with Crippen molar-refractivity contribution >= 4 is 41.1 Å². The van der Waals surface area contributed by atoms with Gasteiger partial charge in [-0.3, -0.25) is 43.4 Å². The van der Waals surface area contributed by atoms with Gasteiger partial charge in [0.15, 0.2) is 5.78 Å². The monoisotopic (exact) mass is 1090 g/mol. The molecule has 0 radical (unpaired) electrons. The number of rotatable bonds is 35. The van der Waals surface area contributed by atoms with Crippen molar-refractivity contribution in [1.29, 1.82) is 0 Å². The summed E-state index contributed by atoms with van der Waals surface area (Å²) in [5.41, 5.74) is 1.42. The van der Waals surface area contributed by atoms with Crippen molar-refractivity contribution in [1.82, 2.24) is 39.9 Å². The van der Waals surface area contributed by atoms with Gasteiger partial charge in [-0.05, 0) is 68.9 Å². The predicted molar refractivity (Wildman–Crippen MR) is 290 cm³/mol. The standard InChI is InChI=1S/C58H88N8O12/c1-10-39(4)54(63(7)58(73)46(38(2)3)34-49(68)55-42-18-19-45(32-42)62(55)6)50(74-8)35-53(71)65-23-14-17-47(65)56(75-9)40(5)48(67)33-43(31-41-15-12-11-13-16-41)57(72)59-22-25-76-27-29-78-30-28-77-26-24-64-36-44(60-61-64)37-66-51(69)20-21-52(66)70/h11-13,15-16,20-21,36,38-40,42-43,45-47,50,54-56H,10,14,17-19,22-35,37H2,1-9H3,(H,59,72)/t39-,40-,42-,43+,45+,46-,47-,50+,54-,55-,56+/m0/s1. The van der Waals surface area contributed by atoms with E-state index in [-0.39, 0.29) is 104 Å². The Kier molecular flexibility index (Phi) is 24.1. The van der Waals surface area contributed by atoms with E-state index in [2.05, 4.69) is 34.4 Å². The highest BCUT2D eigenvalue weighted by atomic mass is 16.5. The first kappa shape index (κ1) is 62.0. The van der Waals surface area contributed by atoms with Crippen LogP contribution in [0.3, 0.4) is 0 Å². The van der Waals surface area contributed by atoms with Crippen LogP contribution < -0.4 is 5.32 Å². The summed E-state index contributed by atoms with van der Waals surface area (Å²) in [6.45, 7) is 13.1. The molecule has 2 bridgehead atoms. The van der Waals surface area contributed by atoms with Crippen molar-refractivity contribution in [3.8, 4) is 0 Å². The van der Waals surface area contributed by atoms with Crippen molar-refractivity contribution in [3.63, 3.8) is 0 Å². The van der Waals surface area contributed by atoms with E-state index in [0.717, 1.165) is 42.6 Å². The zero-order valence-electron chi connectivity index (χ0n) is 47.7. The van der Waals surface area contributed by atoms with Gasteiger partial charge in [-0.25, -0.2) is 4.68 Å². The fourth-order valence-corrected chi connectivity index (χ4v) is 12.2. The number of likely N-dealkylation sites (N-methyl/N-ethyl adjacent to an activating group) is 2. The quantitative estimate of drug-likeness (QED) is 0.0751. The van der Waals surface area contributed by atoms with Crippen LogP contribution in [0.25, 0.3) is 0 Å². The van der Waals surface area contributed by atoms with Gasteiger partial charge < -0.3 is 38.8 Å². The Morgan fingerprint density at radius 3 is 2.15 bits per heavy atom. The van der Waals surface area contributed by atoms with Crippen molar-refractivity contribution in [2.75, 3.05) is 81.0 Å². The Morgan fingerprint density at radius 1 is 0.846 bits per heavy atom. The number of fused-ring (bicyclic) bond motifs is 2. The molecule has 78 heavy (non-hydrogen) atoms. The molecule has 0 unspecified atom stereocenters. The van der Waals surface area contributed by atoms with E-state index in [4.69, 9.17) is 23.7 Å². The zero-order valence-corrected chi connectivity index (χ0v) is 47.7. The summed E-state index contributed by atoms with van der Waals surface area (Å²) in [5.74, 6) is -2.77. The van der Waals surface area contributed by atoms with E-state index in [1.807, 2.05) is 63.1 Å². The Hall–Kier alpha value is -5.25. The van der Waals surface area contributed by atoms with Crippen molar-refractivity contribution in [3.05, 3.63) is 59.9 Å². The summed E-state index contributed by atoms with van der Waals surface area (Å²) in [5, 5.41) is 11.0. The van der Waals surface area contributed by atoms with E-state index < -0.39 is 36.0 Å². The second kappa shape index (κ2) is 30.4. The largest absolute Gasteiger partial charge is 0.379 e. The number of nitrogens with zero attached hydrogens (tertiary/aromatic N) is 7. The number of ketones is 2. The molecule has 6 rings (SSSR count). The molecule has 4 aliphatic rings. The van der Waals surface area contributed by atoms with Gasteiger partial charge in [0.05, 0.1) is 95.7 Å². The highest BCUT2D eigenvalue weighted by Gasteiger charge is 2.49. The van der Waals surface area contributed by atoms with Gasteiger partial charge in [-0.15, -0.1) is 5.10 Å². The summed E-state index contributed by atoms with van der Waals surface area (Å²) in [7, 11) is 6.99. The van der Waals surface area contributed by atoms with E-state index in [1.165, 1.54) is 12.2 Å². The van der Waals surface area contributed by atoms with Crippen LogP contribution in [0.2, 0.25) is 0 Å². The average molecular weight is 1090 g/mol. The van der Waals surface area contributed by atoms with Crippen LogP contribution in [-0.4, -0.2) is 193 Å². The molecule has 1 aromatic carbocycles. The topological polar surface area (TPSA) is 221 Å². The molecule has 11 atom stereocenters. The zero-order chi connectivity index (χ0) is 56.5. The molecular weight excluding hydrogens is 1000 g/mol. The number of likely N-dealkylation sites (tertiary alicyclic amines) is 2. The highest BCUT2D eigenvalue weighted by molar-refractivity contribution is 6.12. The molecule has 5 amide bonds. The molecular formula is C58H88N8O12. The second-order valence-electron chi connectivity index (χ2n) is 22.2. The van der Waals surface area contributed by atoms with Gasteiger partial charge in [-0.2, -0.15) is 0 Å². The molecule has 2 aromatic rings. The third-order valence-electron chi connectivity index (χ3n) is 16.8. The van der Waals surface area contributed by atoms with Gasteiger partial charge in [0, 0.05) is 83.1 Å². The lowest BCUT2D eigenvalue weighted by Gasteiger charge is -2.41. The summed E-state index contributed by atoms with van der Waals surface area (Å²) in [4.78, 5) is 102. The molecule has 0 spiro atoms. The lowest BCUT2D eigenvalue weighted by Crippen LogP contribution is -2.54. The summed E-state index contributed by atoms with van der Waals surface area (Å²) in [6.07, 6.45) is 8.77. The minimum Gasteiger partial charge on any atom is -0.379 e. The SMILES string of the molecule is CC[C@H](C)[C@@H]([C@@H](CC(=O)N1CCC[C@H]1[C@H](OC)[C@@H](C)C(=O)C[C@@H](Cc1ccccc1)C(=O)NCCOCCOCCOCCn1cc(CN2C(=O)C=CC2=O)nn1)OC)N(C)C(=O)[C@@H](CC(=O)[C@@H]1[C@H]2CC[C@H](C2)N1C)C(C)C. The maximum atomic E-state index is 14.6. The molecule has 1 saturated carbocycles. The van der Waals surface area contributed by atoms with Crippen LogP contribution in [0.4, 0.5) is 0 Å². The molecule has 20 heteroatoms. The van der Waals surface area contributed by atoms with E-state index in [1.54, 1.807) is 37.0 Å². The van der Waals surface area contributed by atoms with E-state index in [9.17, 15) is 33.6 Å². The molecule has 20 nitrogen and oxygen atoms in total. The molecule has 2 saturated heterocycles. The Morgan fingerprint density at radius 2 is 1.53 bits per heavy atom. The Bertz CT molecular complexity index is 2310. The molecule has 3 fully saturated rings. The number of hydrogen-bond donors (Lipinski definition) is 1. The predicted octanol–water partition coefficient (Wildman–Crippen LogP) is 4.32. The molecule has 1 aliphatic carbocycles. The van der Waals surface area contributed by atoms with E-state index >= 15 is 0 Å². The van der Waals surface area contributed by atoms with Crippen LogP contribution in [0.15, 0.2) is 48.7 Å². The van der Waals surface area contributed by atoms with Crippen LogP contribution in [0.1, 0.15) is 104 Å². The maximum absolute atomic E-state index is 14.6. The van der Waals surface area contributed by atoms with Crippen molar-refractivity contribution in [2.24, 2.45) is 35.5 Å². The lowest BCUT2D eigenvalue weighted by atomic mass is 9.83. The number of carbonyl (C=O) groups excluding carboxylic acids is 7. The first-order valence-corrected chi connectivity index (χ1v) is 28.3. The van der Waals surface area contributed by atoms with Crippen LogP contribution in [-0.2, 0) is 76.8 Å². The number of imide groups is 1. The minimum absolute atomic E-state index is 0.0155. The van der Waals surface area contributed by atoms with Gasteiger partial charge in [0.25, 0.3) is 11.8 Å². The van der Waals surface area contributed by atoms with Gasteiger partial charge in [0.2, 0.25) is 17.7 Å². The Balaban J connectivity index is 0.954.